The molecule has 4 amide bonds. The Labute approximate surface area is 162 Å². The Hall–Kier alpha value is -3.42. The predicted molar refractivity (Wildman–Crippen MR) is 103 cm³/mol. The van der Waals surface area contributed by atoms with E-state index in [1.807, 2.05) is 24.3 Å². The zero-order chi connectivity index (χ0) is 19.9. The van der Waals surface area contributed by atoms with Crippen LogP contribution in [0.3, 0.4) is 0 Å². The number of urea groups is 1. The maximum atomic E-state index is 12.5. The minimum atomic E-state index is -0.678. The van der Waals surface area contributed by atoms with Crippen LogP contribution in [0.15, 0.2) is 48.8 Å². The largest absolute Gasteiger partial charge is 0.497 e. The van der Waals surface area contributed by atoms with E-state index >= 15 is 0 Å². The van der Waals surface area contributed by atoms with Crippen LogP contribution < -0.4 is 15.4 Å². The van der Waals surface area contributed by atoms with E-state index in [1.165, 1.54) is 4.90 Å². The van der Waals surface area contributed by atoms with E-state index in [4.69, 9.17) is 4.74 Å². The predicted octanol–water partition coefficient (Wildman–Crippen LogP) is 1.97. The van der Waals surface area contributed by atoms with E-state index < -0.39 is 12.1 Å². The van der Waals surface area contributed by atoms with Gasteiger partial charge in [-0.15, -0.1) is 0 Å². The standard InChI is InChI=1S/C20H22N4O4/c1-28-16-6-4-14(5-7-16)10-12-24-19(26)17(23-20(24)27)8-9-18(25)22-15-3-2-11-21-13-15/h2-7,11,13,17H,8-10,12H2,1H3,(H,22,25)(H,23,27)/t17-/m1/s1. The lowest BCUT2D eigenvalue weighted by molar-refractivity contribution is -0.127. The number of pyridine rings is 1. The van der Waals surface area contributed by atoms with Crippen molar-refractivity contribution in [2.75, 3.05) is 19.0 Å². The van der Waals surface area contributed by atoms with Gasteiger partial charge in [0.05, 0.1) is 19.0 Å². The molecule has 2 N–H and O–H groups in total. The Morgan fingerprint density at radius 1 is 1.25 bits per heavy atom. The van der Waals surface area contributed by atoms with Gasteiger partial charge < -0.3 is 15.4 Å². The number of benzene rings is 1. The summed E-state index contributed by atoms with van der Waals surface area (Å²) in [5.74, 6) is 0.225. The fourth-order valence-corrected chi connectivity index (χ4v) is 2.95. The summed E-state index contributed by atoms with van der Waals surface area (Å²) in [6, 6.07) is 9.83. The minimum Gasteiger partial charge on any atom is -0.497 e. The van der Waals surface area contributed by atoms with E-state index in [9.17, 15) is 14.4 Å². The number of carbonyl (C=O) groups excluding carboxylic acids is 3. The summed E-state index contributed by atoms with van der Waals surface area (Å²) in [6.45, 7) is 0.287. The Morgan fingerprint density at radius 3 is 2.71 bits per heavy atom. The molecule has 1 aromatic heterocycles. The first-order valence-corrected chi connectivity index (χ1v) is 9.01. The van der Waals surface area contributed by atoms with Crippen molar-refractivity contribution in [3.05, 3.63) is 54.4 Å². The second kappa shape index (κ2) is 8.98. The normalized spacial score (nSPS) is 16.0. The summed E-state index contributed by atoms with van der Waals surface area (Å²) in [5.41, 5.74) is 1.59. The lowest BCUT2D eigenvalue weighted by Crippen LogP contribution is -2.33. The van der Waals surface area contributed by atoms with Crippen molar-refractivity contribution in [2.24, 2.45) is 0 Å². The third-order valence-electron chi connectivity index (χ3n) is 4.50. The Morgan fingerprint density at radius 2 is 2.04 bits per heavy atom. The van der Waals surface area contributed by atoms with Crippen molar-refractivity contribution in [1.82, 2.24) is 15.2 Å². The number of anilines is 1. The summed E-state index contributed by atoms with van der Waals surface area (Å²) < 4.78 is 5.11. The summed E-state index contributed by atoms with van der Waals surface area (Å²) in [6.07, 6.45) is 4.08. The van der Waals surface area contributed by atoms with Crippen LogP contribution in [0.5, 0.6) is 5.75 Å². The van der Waals surface area contributed by atoms with Crippen molar-refractivity contribution in [3.8, 4) is 5.75 Å². The molecule has 8 nitrogen and oxygen atoms in total. The van der Waals surface area contributed by atoms with Gasteiger partial charge in [-0.3, -0.25) is 19.5 Å². The molecule has 0 spiro atoms. The molecule has 0 unspecified atom stereocenters. The highest BCUT2D eigenvalue weighted by atomic mass is 16.5. The third-order valence-corrected chi connectivity index (χ3v) is 4.50. The highest BCUT2D eigenvalue weighted by Gasteiger charge is 2.37. The first-order valence-electron chi connectivity index (χ1n) is 9.01. The summed E-state index contributed by atoms with van der Waals surface area (Å²) >= 11 is 0. The van der Waals surface area contributed by atoms with E-state index in [1.54, 1.807) is 31.6 Å². The Kier molecular flexibility index (Phi) is 6.21. The molecule has 2 heterocycles. The van der Waals surface area contributed by atoms with Crippen LogP contribution in [0.2, 0.25) is 0 Å². The first kappa shape index (κ1) is 19.3. The van der Waals surface area contributed by atoms with Gasteiger partial charge in [0.2, 0.25) is 5.91 Å². The van der Waals surface area contributed by atoms with Gasteiger partial charge in [0.25, 0.3) is 5.91 Å². The van der Waals surface area contributed by atoms with E-state index in [2.05, 4.69) is 15.6 Å². The van der Waals surface area contributed by atoms with Crippen LogP contribution in [0.25, 0.3) is 0 Å². The van der Waals surface area contributed by atoms with Gasteiger partial charge in [0, 0.05) is 19.2 Å². The summed E-state index contributed by atoms with van der Waals surface area (Å²) in [7, 11) is 1.60. The molecule has 28 heavy (non-hydrogen) atoms. The topological polar surface area (TPSA) is 101 Å². The SMILES string of the molecule is COc1ccc(CCN2C(=O)N[C@H](CCC(=O)Nc3cccnc3)C2=O)cc1. The molecule has 1 fully saturated rings. The zero-order valence-electron chi connectivity index (χ0n) is 15.6. The second-order valence-electron chi connectivity index (χ2n) is 6.42. The maximum absolute atomic E-state index is 12.5. The third kappa shape index (κ3) is 4.85. The van der Waals surface area contributed by atoms with Gasteiger partial charge in [-0.2, -0.15) is 0 Å². The zero-order valence-corrected chi connectivity index (χ0v) is 15.6. The number of nitrogens with one attached hydrogen (secondary N) is 2. The Bertz CT molecular complexity index is 839. The maximum Gasteiger partial charge on any atom is 0.324 e. The minimum absolute atomic E-state index is 0.123. The lowest BCUT2D eigenvalue weighted by Gasteiger charge is -2.13. The molecule has 8 heteroatoms. The molecular weight excluding hydrogens is 360 g/mol. The van der Waals surface area contributed by atoms with E-state index in [-0.39, 0.29) is 31.2 Å². The second-order valence-corrected chi connectivity index (χ2v) is 6.42. The van der Waals surface area contributed by atoms with Gasteiger partial charge in [-0.25, -0.2) is 4.79 Å². The van der Waals surface area contributed by atoms with Crippen molar-refractivity contribution in [2.45, 2.75) is 25.3 Å². The molecular formula is C20H22N4O4. The highest BCUT2D eigenvalue weighted by Crippen LogP contribution is 2.15. The average molecular weight is 382 g/mol. The molecule has 2 aromatic rings. The molecule has 146 valence electrons. The molecule has 0 saturated carbocycles. The van der Waals surface area contributed by atoms with Crippen molar-refractivity contribution in [3.63, 3.8) is 0 Å². The van der Waals surface area contributed by atoms with Crippen LogP contribution in [-0.4, -0.2) is 47.4 Å². The highest BCUT2D eigenvalue weighted by molar-refractivity contribution is 6.04. The summed E-state index contributed by atoms with van der Waals surface area (Å²) in [4.78, 5) is 41.7. The van der Waals surface area contributed by atoms with Crippen molar-refractivity contribution >= 4 is 23.5 Å². The number of aromatic nitrogens is 1. The summed E-state index contributed by atoms with van der Waals surface area (Å²) in [5, 5.41) is 5.36. The molecule has 0 aliphatic carbocycles. The quantitative estimate of drug-likeness (QED) is 0.680. The molecule has 1 saturated heterocycles. The number of hydrogen-bond donors (Lipinski definition) is 2. The smallest absolute Gasteiger partial charge is 0.324 e. The monoisotopic (exact) mass is 382 g/mol. The van der Waals surface area contributed by atoms with Crippen LogP contribution in [0, 0.1) is 0 Å². The van der Waals surface area contributed by atoms with Crippen LogP contribution in [-0.2, 0) is 16.0 Å². The number of methoxy groups -OCH3 is 1. The van der Waals surface area contributed by atoms with E-state index in [0.29, 0.717) is 12.1 Å². The molecule has 1 aliphatic heterocycles. The molecule has 1 atom stereocenters. The van der Waals surface area contributed by atoms with Crippen LogP contribution >= 0.6 is 0 Å². The average Bonchev–Trinajstić information content (AvgIpc) is 2.99. The first-order chi connectivity index (χ1) is 13.6. The fourth-order valence-electron chi connectivity index (χ4n) is 2.95. The van der Waals surface area contributed by atoms with Crippen molar-refractivity contribution in [1.29, 1.82) is 0 Å². The van der Waals surface area contributed by atoms with Crippen molar-refractivity contribution < 1.29 is 19.1 Å². The van der Waals surface area contributed by atoms with E-state index in [0.717, 1.165) is 11.3 Å². The lowest BCUT2D eigenvalue weighted by atomic mass is 10.1. The van der Waals surface area contributed by atoms with Gasteiger partial charge in [0.15, 0.2) is 0 Å². The van der Waals surface area contributed by atoms with Gasteiger partial charge in [0.1, 0.15) is 11.8 Å². The number of hydrogen-bond acceptors (Lipinski definition) is 5. The number of rotatable bonds is 8. The number of nitrogens with zero attached hydrogens (tertiary/aromatic N) is 2. The number of ether oxygens (including phenoxy) is 1. The number of carbonyl (C=O) groups is 3. The molecule has 1 aromatic carbocycles. The molecule has 0 radical (unpaired) electrons. The molecule has 0 bridgehead atoms. The van der Waals surface area contributed by atoms with Crippen LogP contribution in [0.4, 0.5) is 10.5 Å². The van der Waals surface area contributed by atoms with Gasteiger partial charge >= 0.3 is 6.03 Å². The number of imide groups is 1. The van der Waals surface area contributed by atoms with Crippen LogP contribution in [0.1, 0.15) is 18.4 Å². The van der Waals surface area contributed by atoms with Gasteiger partial charge in [-0.05, 0) is 42.7 Å². The molecule has 3 rings (SSSR count). The van der Waals surface area contributed by atoms with Gasteiger partial charge in [-0.1, -0.05) is 12.1 Å². The fraction of sp³-hybridized carbons (Fsp3) is 0.300. The molecule has 1 aliphatic rings. The Balaban J connectivity index is 1.47. The number of amides is 4.